The number of anilines is 1. The van der Waals surface area contributed by atoms with Crippen LogP contribution in [0.1, 0.15) is 30.1 Å². The van der Waals surface area contributed by atoms with Gasteiger partial charge in [-0.25, -0.2) is 0 Å². The van der Waals surface area contributed by atoms with E-state index in [1.54, 1.807) is 12.1 Å². The molecule has 1 aromatic carbocycles. The fourth-order valence-electron chi connectivity index (χ4n) is 1.71. The van der Waals surface area contributed by atoms with E-state index in [1.165, 1.54) is 18.0 Å². The lowest BCUT2D eigenvalue weighted by Crippen LogP contribution is -2.14. The normalized spacial score (nSPS) is 10.4. The maximum atomic E-state index is 12.2. The predicted octanol–water partition coefficient (Wildman–Crippen LogP) is 2.39. The fourth-order valence-corrected chi connectivity index (χ4v) is 1.89. The number of hydrogen-bond acceptors (Lipinski definition) is 5. The molecule has 0 bridgehead atoms. The van der Waals surface area contributed by atoms with Crippen LogP contribution in [0.3, 0.4) is 0 Å². The van der Waals surface area contributed by atoms with Gasteiger partial charge >= 0.3 is 0 Å². The lowest BCUT2D eigenvalue weighted by atomic mass is 10.2. The molecule has 2 rings (SSSR count). The second-order valence-corrected chi connectivity index (χ2v) is 4.80. The molecule has 0 saturated heterocycles. The van der Waals surface area contributed by atoms with Gasteiger partial charge in [0.05, 0.1) is 19.2 Å². The Hall–Kier alpha value is -2.15. The molecule has 8 heteroatoms. The van der Waals surface area contributed by atoms with Gasteiger partial charge in [-0.05, 0) is 29.8 Å². The molecule has 1 aromatic heterocycles. The Balaban J connectivity index is 2.10. The Morgan fingerprint density at radius 1 is 1.48 bits per heavy atom. The van der Waals surface area contributed by atoms with Crippen molar-refractivity contribution in [3.8, 4) is 5.75 Å². The van der Waals surface area contributed by atoms with Crippen LogP contribution in [0.4, 0.5) is 5.95 Å². The Bertz CT molecular complexity index is 629. The van der Waals surface area contributed by atoms with Crippen LogP contribution in [0.5, 0.6) is 5.75 Å². The predicted molar refractivity (Wildman–Crippen MR) is 78.7 cm³/mol. The maximum Gasteiger partial charge on any atom is 0.270 e. The highest BCUT2D eigenvalue weighted by molar-refractivity contribution is 6.31. The van der Waals surface area contributed by atoms with Gasteiger partial charge in [0.1, 0.15) is 5.75 Å². The van der Waals surface area contributed by atoms with Gasteiger partial charge in [-0.1, -0.05) is 30.0 Å². The number of carbonyl (C=O) groups excluding carboxylic acids is 1. The Labute approximate surface area is 127 Å². The summed E-state index contributed by atoms with van der Waals surface area (Å²) in [7, 11) is 1.49. The number of nitrogens with zero attached hydrogens (tertiary/aromatic N) is 4. The molecule has 0 aliphatic heterocycles. The van der Waals surface area contributed by atoms with E-state index in [4.69, 9.17) is 16.3 Å². The van der Waals surface area contributed by atoms with E-state index in [0.717, 1.165) is 12.8 Å². The number of hydrogen-bond donors (Lipinski definition) is 1. The number of aryl methyl sites for hydroxylation is 1. The molecular formula is C13H16ClN5O2. The summed E-state index contributed by atoms with van der Waals surface area (Å²) in [5.74, 6) is 0.179. The number of unbranched alkanes of at least 4 members (excludes halogenated alkanes) is 1. The Morgan fingerprint density at radius 2 is 2.29 bits per heavy atom. The molecule has 0 aliphatic rings. The zero-order valence-electron chi connectivity index (χ0n) is 11.8. The number of halogens is 1. The van der Waals surface area contributed by atoms with E-state index in [2.05, 4.69) is 27.7 Å². The first kappa shape index (κ1) is 15.2. The molecule has 0 saturated carbocycles. The summed E-state index contributed by atoms with van der Waals surface area (Å²) in [6.45, 7) is 2.74. The van der Waals surface area contributed by atoms with Crippen LogP contribution < -0.4 is 10.1 Å². The fraction of sp³-hybridized carbons (Fsp3) is 0.385. The van der Waals surface area contributed by atoms with Gasteiger partial charge in [-0.15, -0.1) is 5.10 Å². The van der Waals surface area contributed by atoms with E-state index in [9.17, 15) is 4.79 Å². The molecule has 7 nitrogen and oxygen atoms in total. The third-order valence-electron chi connectivity index (χ3n) is 2.80. The number of rotatable bonds is 6. The third kappa shape index (κ3) is 3.91. The molecular weight excluding hydrogens is 294 g/mol. The molecule has 112 valence electrons. The smallest absolute Gasteiger partial charge is 0.270 e. The lowest BCUT2D eigenvalue weighted by molar-refractivity contribution is 0.102. The van der Waals surface area contributed by atoms with Gasteiger partial charge in [0, 0.05) is 5.02 Å². The number of ether oxygens (including phenoxy) is 1. The highest BCUT2D eigenvalue weighted by atomic mass is 35.5. The molecule has 21 heavy (non-hydrogen) atoms. The molecule has 1 heterocycles. The zero-order valence-corrected chi connectivity index (χ0v) is 12.6. The zero-order chi connectivity index (χ0) is 15.2. The van der Waals surface area contributed by atoms with Crippen molar-refractivity contribution >= 4 is 23.5 Å². The summed E-state index contributed by atoms with van der Waals surface area (Å²) in [6, 6.07) is 4.80. The van der Waals surface area contributed by atoms with Crippen molar-refractivity contribution < 1.29 is 9.53 Å². The molecule has 0 unspecified atom stereocenters. The van der Waals surface area contributed by atoms with E-state index in [1.807, 2.05) is 0 Å². The van der Waals surface area contributed by atoms with Crippen molar-refractivity contribution in [2.75, 3.05) is 12.4 Å². The topological polar surface area (TPSA) is 81.9 Å². The first-order chi connectivity index (χ1) is 10.1. The molecule has 0 aliphatic carbocycles. The lowest BCUT2D eigenvalue weighted by Gasteiger charge is -2.07. The second-order valence-electron chi connectivity index (χ2n) is 4.36. The van der Waals surface area contributed by atoms with E-state index >= 15 is 0 Å². The molecule has 0 spiro atoms. The quantitative estimate of drug-likeness (QED) is 0.886. The van der Waals surface area contributed by atoms with Crippen molar-refractivity contribution in [1.82, 2.24) is 20.2 Å². The van der Waals surface area contributed by atoms with Crippen molar-refractivity contribution in [2.24, 2.45) is 0 Å². The van der Waals surface area contributed by atoms with Crippen LogP contribution in [0.25, 0.3) is 0 Å². The van der Waals surface area contributed by atoms with Gasteiger partial charge in [0.15, 0.2) is 0 Å². The third-order valence-corrected chi connectivity index (χ3v) is 3.03. The Morgan fingerprint density at radius 3 is 3.00 bits per heavy atom. The molecule has 0 atom stereocenters. The van der Waals surface area contributed by atoms with Crippen LogP contribution in [0.2, 0.25) is 5.02 Å². The SMILES string of the molecule is CCCCn1nnc(NC(=O)c2cc(Cl)ccc2OC)n1. The van der Waals surface area contributed by atoms with E-state index in [-0.39, 0.29) is 5.95 Å². The number of aromatic nitrogens is 4. The van der Waals surface area contributed by atoms with Gasteiger partial charge in [-0.3, -0.25) is 10.1 Å². The summed E-state index contributed by atoms with van der Waals surface area (Å²) in [5.41, 5.74) is 0.315. The number of amides is 1. The molecule has 0 radical (unpaired) electrons. The molecule has 1 N–H and O–H groups in total. The minimum absolute atomic E-state index is 0.151. The van der Waals surface area contributed by atoms with Crippen LogP contribution >= 0.6 is 11.6 Å². The van der Waals surface area contributed by atoms with Crippen LogP contribution in [0, 0.1) is 0 Å². The van der Waals surface area contributed by atoms with E-state index in [0.29, 0.717) is 22.9 Å². The monoisotopic (exact) mass is 309 g/mol. The second kappa shape index (κ2) is 7.03. The average Bonchev–Trinajstić information content (AvgIpc) is 2.92. The van der Waals surface area contributed by atoms with Crippen molar-refractivity contribution in [3.05, 3.63) is 28.8 Å². The standard InChI is InChI=1S/C13H16ClN5O2/c1-3-4-7-19-17-13(16-18-19)15-12(20)10-8-9(14)5-6-11(10)21-2/h5-6,8H,3-4,7H2,1-2H3,(H,15,17,20). The Kier molecular flexibility index (Phi) is 5.10. The van der Waals surface area contributed by atoms with Crippen LogP contribution in [0.15, 0.2) is 18.2 Å². The number of tetrazole rings is 1. The summed E-state index contributed by atoms with van der Waals surface area (Å²) < 4.78 is 5.14. The minimum atomic E-state index is -0.399. The van der Waals surface area contributed by atoms with Gasteiger partial charge in [0.2, 0.25) is 0 Å². The average molecular weight is 310 g/mol. The maximum absolute atomic E-state index is 12.2. The van der Waals surface area contributed by atoms with Crippen molar-refractivity contribution in [3.63, 3.8) is 0 Å². The van der Waals surface area contributed by atoms with E-state index < -0.39 is 5.91 Å². The number of nitrogens with one attached hydrogen (secondary N) is 1. The van der Waals surface area contributed by atoms with Gasteiger partial charge in [0.25, 0.3) is 11.9 Å². The summed E-state index contributed by atoms with van der Waals surface area (Å²) in [6.07, 6.45) is 1.98. The first-order valence-electron chi connectivity index (χ1n) is 6.56. The number of carbonyl (C=O) groups is 1. The molecule has 1 amide bonds. The van der Waals surface area contributed by atoms with Crippen molar-refractivity contribution in [1.29, 1.82) is 0 Å². The first-order valence-corrected chi connectivity index (χ1v) is 6.94. The summed E-state index contributed by atoms with van der Waals surface area (Å²) in [5, 5.41) is 14.8. The molecule has 0 fully saturated rings. The van der Waals surface area contributed by atoms with Crippen LogP contribution in [-0.4, -0.2) is 33.2 Å². The molecule has 2 aromatic rings. The van der Waals surface area contributed by atoms with Crippen molar-refractivity contribution in [2.45, 2.75) is 26.3 Å². The number of methoxy groups -OCH3 is 1. The largest absolute Gasteiger partial charge is 0.496 e. The highest BCUT2D eigenvalue weighted by Crippen LogP contribution is 2.23. The highest BCUT2D eigenvalue weighted by Gasteiger charge is 2.15. The van der Waals surface area contributed by atoms with Crippen LogP contribution in [-0.2, 0) is 6.54 Å². The summed E-state index contributed by atoms with van der Waals surface area (Å²) >= 11 is 5.90. The van der Waals surface area contributed by atoms with Gasteiger partial charge in [-0.2, -0.15) is 4.80 Å². The summed E-state index contributed by atoms with van der Waals surface area (Å²) in [4.78, 5) is 13.7. The number of benzene rings is 1. The van der Waals surface area contributed by atoms with Gasteiger partial charge < -0.3 is 4.74 Å². The minimum Gasteiger partial charge on any atom is -0.496 e.